The number of carbonyl (C=O) groups is 1. The van der Waals surface area contributed by atoms with E-state index >= 15 is 0 Å². The van der Waals surface area contributed by atoms with Crippen LogP contribution in [-0.4, -0.2) is 39.7 Å². The molecular formula is C24H23N5O3S. The SMILES string of the molecule is CCOc1ccc(-n2nc3cc(C)c(NC(=S)NC(=O)c4ccc(OC)cc4)cc3n2)cc1. The van der Waals surface area contributed by atoms with Gasteiger partial charge in [-0.15, -0.1) is 10.2 Å². The molecule has 33 heavy (non-hydrogen) atoms. The molecule has 0 aliphatic carbocycles. The van der Waals surface area contributed by atoms with Crippen LogP contribution in [0.1, 0.15) is 22.8 Å². The molecule has 0 unspecified atom stereocenters. The lowest BCUT2D eigenvalue weighted by Crippen LogP contribution is -2.34. The van der Waals surface area contributed by atoms with Crippen LogP contribution in [0, 0.1) is 6.92 Å². The first-order valence-electron chi connectivity index (χ1n) is 10.3. The van der Waals surface area contributed by atoms with Gasteiger partial charge in [-0.3, -0.25) is 10.1 Å². The Morgan fingerprint density at radius 1 is 1.00 bits per heavy atom. The third-order valence-electron chi connectivity index (χ3n) is 4.93. The molecule has 0 aliphatic heterocycles. The molecule has 2 N–H and O–H groups in total. The Bertz CT molecular complexity index is 1300. The number of aromatic nitrogens is 3. The fourth-order valence-corrected chi connectivity index (χ4v) is 3.43. The van der Waals surface area contributed by atoms with Crippen molar-refractivity contribution in [3.63, 3.8) is 0 Å². The number of hydrogen-bond acceptors (Lipinski definition) is 6. The highest BCUT2D eigenvalue weighted by atomic mass is 32.1. The highest BCUT2D eigenvalue weighted by Gasteiger charge is 2.12. The van der Waals surface area contributed by atoms with Crippen molar-refractivity contribution in [2.75, 3.05) is 19.0 Å². The summed E-state index contributed by atoms with van der Waals surface area (Å²) in [6.45, 7) is 4.49. The van der Waals surface area contributed by atoms with Gasteiger partial charge in [0.25, 0.3) is 5.91 Å². The van der Waals surface area contributed by atoms with Crippen molar-refractivity contribution in [1.82, 2.24) is 20.3 Å². The number of nitrogens with one attached hydrogen (secondary N) is 2. The van der Waals surface area contributed by atoms with Crippen LogP contribution < -0.4 is 20.1 Å². The number of aryl methyl sites for hydroxylation is 1. The number of benzene rings is 3. The smallest absolute Gasteiger partial charge is 0.257 e. The van der Waals surface area contributed by atoms with Crippen LogP contribution in [0.25, 0.3) is 16.7 Å². The summed E-state index contributed by atoms with van der Waals surface area (Å²) >= 11 is 5.34. The zero-order valence-electron chi connectivity index (χ0n) is 18.5. The zero-order valence-corrected chi connectivity index (χ0v) is 19.3. The maximum atomic E-state index is 12.5. The van der Waals surface area contributed by atoms with Gasteiger partial charge in [-0.25, -0.2) is 0 Å². The van der Waals surface area contributed by atoms with E-state index in [2.05, 4.69) is 20.8 Å². The van der Waals surface area contributed by atoms with E-state index in [-0.39, 0.29) is 11.0 Å². The summed E-state index contributed by atoms with van der Waals surface area (Å²) < 4.78 is 10.6. The Hall–Kier alpha value is -3.98. The van der Waals surface area contributed by atoms with Crippen LogP contribution in [0.5, 0.6) is 11.5 Å². The maximum Gasteiger partial charge on any atom is 0.257 e. The lowest BCUT2D eigenvalue weighted by atomic mass is 10.2. The molecule has 3 aromatic carbocycles. The van der Waals surface area contributed by atoms with E-state index in [1.54, 1.807) is 36.2 Å². The number of nitrogens with zero attached hydrogens (tertiary/aromatic N) is 3. The molecule has 0 saturated heterocycles. The maximum absolute atomic E-state index is 12.5. The molecule has 1 aromatic heterocycles. The summed E-state index contributed by atoms with van der Waals surface area (Å²) in [4.78, 5) is 14.0. The first kappa shape index (κ1) is 22.2. The van der Waals surface area contributed by atoms with Gasteiger partial charge in [-0.1, -0.05) is 0 Å². The second kappa shape index (κ2) is 9.66. The van der Waals surface area contributed by atoms with Crippen LogP contribution in [-0.2, 0) is 0 Å². The number of hydrogen-bond donors (Lipinski definition) is 2. The van der Waals surface area contributed by atoms with Gasteiger partial charge in [-0.05, 0) is 92.3 Å². The number of fused-ring (bicyclic) bond motifs is 1. The van der Waals surface area contributed by atoms with Crippen molar-refractivity contribution in [1.29, 1.82) is 0 Å². The van der Waals surface area contributed by atoms with Crippen molar-refractivity contribution in [2.45, 2.75) is 13.8 Å². The van der Waals surface area contributed by atoms with Gasteiger partial charge in [0.1, 0.15) is 22.5 Å². The molecule has 4 rings (SSSR count). The average molecular weight is 462 g/mol. The largest absolute Gasteiger partial charge is 0.497 e. The Labute approximate surface area is 196 Å². The fourth-order valence-electron chi connectivity index (χ4n) is 3.23. The van der Waals surface area contributed by atoms with Gasteiger partial charge < -0.3 is 14.8 Å². The van der Waals surface area contributed by atoms with Crippen LogP contribution in [0.3, 0.4) is 0 Å². The van der Waals surface area contributed by atoms with E-state index in [1.807, 2.05) is 50.2 Å². The summed E-state index contributed by atoms with van der Waals surface area (Å²) in [5.74, 6) is 1.16. The van der Waals surface area contributed by atoms with Crippen molar-refractivity contribution in [2.24, 2.45) is 0 Å². The van der Waals surface area contributed by atoms with Crippen LogP contribution >= 0.6 is 12.2 Å². The van der Waals surface area contributed by atoms with Gasteiger partial charge in [0.05, 0.1) is 19.4 Å². The van der Waals surface area contributed by atoms with E-state index < -0.39 is 0 Å². The van der Waals surface area contributed by atoms with Crippen LogP contribution in [0.4, 0.5) is 5.69 Å². The standard InChI is InChI=1S/C24H23N5O3S/c1-4-32-19-11-7-17(8-12-19)29-27-21-13-15(2)20(14-22(21)28-29)25-24(33)26-23(30)16-5-9-18(31-3)10-6-16/h5-14H,4H2,1-3H3,(H2,25,26,30,33). The van der Waals surface area contributed by atoms with Gasteiger partial charge in [0.15, 0.2) is 5.11 Å². The molecule has 9 heteroatoms. The fraction of sp³-hybridized carbons (Fsp3) is 0.167. The molecule has 1 heterocycles. The van der Waals surface area contributed by atoms with Crippen molar-refractivity contribution < 1.29 is 14.3 Å². The number of carbonyl (C=O) groups excluding carboxylic acids is 1. The summed E-state index contributed by atoms with van der Waals surface area (Å²) in [6.07, 6.45) is 0. The molecular weight excluding hydrogens is 438 g/mol. The molecule has 8 nitrogen and oxygen atoms in total. The second-order valence-electron chi connectivity index (χ2n) is 7.21. The second-order valence-corrected chi connectivity index (χ2v) is 7.62. The minimum atomic E-state index is -0.310. The Balaban J connectivity index is 1.48. The molecule has 0 saturated carbocycles. The van der Waals surface area contributed by atoms with Crippen molar-refractivity contribution in [3.05, 3.63) is 71.8 Å². The predicted molar refractivity (Wildman–Crippen MR) is 131 cm³/mol. The van der Waals surface area contributed by atoms with Crippen molar-refractivity contribution >= 4 is 40.0 Å². The summed E-state index contributed by atoms with van der Waals surface area (Å²) in [5, 5.41) is 15.1. The van der Waals surface area contributed by atoms with Crippen LogP contribution in [0.15, 0.2) is 60.7 Å². The molecule has 0 radical (unpaired) electrons. The van der Waals surface area contributed by atoms with E-state index in [9.17, 15) is 4.79 Å². The third kappa shape index (κ3) is 5.09. The number of amides is 1. The third-order valence-corrected chi connectivity index (χ3v) is 5.14. The number of methoxy groups -OCH3 is 1. The minimum absolute atomic E-state index is 0.192. The van der Waals surface area contributed by atoms with E-state index in [4.69, 9.17) is 21.7 Å². The molecule has 4 aromatic rings. The number of rotatable bonds is 6. The molecule has 0 spiro atoms. The Kier molecular flexibility index (Phi) is 6.50. The summed E-state index contributed by atoms with van der Waals surface area (Å²) in [6, 6.07) is 18.1. The van der Waals surface area contributed by atoms with Gasteiger partial charge in [-0.2, -0.15) is 4.80 Å². The van der Waals surface area contributed by atoms with E-state index in [0.29, 0.717) is 23.4 Å². The molecule has 0 atom stereocenters. The number of anilines is 1. The highest BCUT2D eigenvalue weighted by molar-refractivity contribution is 7.80. The van der Waals surface area contributed by atoms with Gasteiger partial charge >= 0.3 is 0 Å². The van der Waals surface area contributed by atoms with Crippen LogP contribution in [0.2, 0.25) is 0 Å². The van der Waals surface area contributed by atoms with Crippen molar-refractivity contribution in [3.8, 4) is 17.2 Å². The molecule has 0 fully saturated rings. The number of thiocarbonyl (C=S) groups is 1. The first-order chi connectivity index (χ1) is 16.0. The average Bonchev–Trinajstić information content (AvgIpc) is 3.22. The minimum Gasteiger partial charge on any atom is -0.497 e. The number of ether oxygens (including phenoxy) is 2. The normalized spacial score (nSPS) is 10.6. The lowest BCUT2D eigenvalue weighted by Gasteiger charge is -2.12. The van der Waals surface area contributed by atoms with Gasteiger partial charge in [0, 0.05) is 11.3 Å². The van der Waals surface area contributed by atoms with Gasteiger partial charge in [0.2, 0.25) is 0 Å². The molecule has 0 bridgehead atoms. The predicted octanol–water partition coefficient (Wildman–Crippen LogP) is 4.26. The summed E-state index contributed by atoms with van der Waals surface area (Å²) in [5.41, 5.74) is 4.40. The summed E-state index contributed by atoms with van der Waals surface area (Å²) in [7, 11) is 1.57. The quantitative estimate of drug-likeness (QED) is 0.415. The monoisotopic (exact) mass is 461 g/mol. The van der Waals surface area contributed by atoms with E-state index in [0.717, 1.165) is 28.2 Å². The Morgan fingerprint density at radius 3 is 2.27 bits per heavy atom. The molecule has 0 aliphatic rings. The van der Waals surface area contributed by atoms with E-state index in [1.165, 1.54) is 0 Å². The lowest BCUT2D eigenvalue weighted by molar-refractivity contribution is 0.0977. The highest BCUT2D eigenvalue weighted by Crippen LogP contribution is 2.23. The zero-order chi connectivity index (χ0) is 23.4. The Morgan fingerprint density at radius 2 is 1.64 bits per heavy atom. The first-order valence-corrected chi connectivity index (χ1v) is 10.7. The molecule has 1 amide bonds. The molecule has 168 valence electrons. The topological polar surface area (TPSA) is 90.3 Å².